The summed E-state index contributed by atoms with van der Waals surface area (Å²) < 4.78 is 24.3. The van der Waals surface area contributed by atoms with Gasteiger partial charge in [0.2, 0.25) is 0 Å². The number of carbonyl (C=O) groups is 1. The van der Waals surface area contributed by atoms with Gasteiger partial charge in [-0.2, -0.15) is 0 Å². The molecular formula is C27H24FNO3. The number of rotatable bonds is 8. The fraction of sp³-hybridized carbons (Fsp3) is 0.148. The summed E-state index contributed by atoms with van der Waals surface area (Å²) >= 11 is 0. The van der Waals surface area contributed by atoms with E-state index in [2.05, 4.69) is 17.4 Å². The third-order valence-electron chi connectivity index (χ3n) is 5.17. The van der Waals surface area contributed by atoms with Crippen LogP contribution in [0.25, 0.3) is 10.8 Å². The lowest BCUT2D eigenvalue weighted by Gasteiger charge is -2.16. The molecule has 0 atom stereocenters. The van der Waals surface area contributed by atoms with Crippen LogP contribution in [0.5, 0.6) is 5.75 Å². The van der Waals surface area contributed by atoms with Crippen molar-refractivity contribution in [3.8, 4) is 5.75 Å². The van der Waals surface area contributed by atoms with Gasteiger partial charge in [-0.25, -0.2) is 9.18 Å². The third kappa shape index (κ3) is 5.06. The molecule has 0 amide bonds. The molecule has 0 fully saturated rings. The molecule has 0 heterocycles. The number of fused-ring (bicyclic) bond motifs is 1. The van der Waals surface area contributed by atoms with E-state index in [4.69, 9.17) is 9.47 Å². The lowest BCUT2D eigenvalue weighted by Crippen LogP contribution is -2.06. The zero-order valence-electron chi connectivity index (χ0n) is 17.8. The van der Waals surface area contributed by atoms with Gasteiger partial charge in [-0.3, -0.25) is 0 Å². The van der Waals surface area contributed by atoms with Crippen LogP contribution in [0.15, 0.2) is 84.9 Å². The Kier molecular flexibility index (Phi) is 6.66. The predicted molar refractivity (Wildman–Crippen MR) is 124 cm³/mol. The maximum absolute atomic E-state index is 13.2. The van der Waals surface area contributed by atoms with E-state index in [0.717, 1.165) is 33.3 Å². The van der Waals surface area contributed by atoms with Crippen molar-refractivity contribution in [1.29, 1.82) is 0 Å². The number of halogens is 1. The highest BCUT2D eigenvalue weighted by Crippen LogP contribution is 2.30. The van der Waals surface area contributed by atoms with E-state index < -0.39 is 0 Å². The summed E-state index contributed by atoms with van der Waals surface area (Å²) in [4.78, 5) is 11.9. The SMILES string of the molecule is CCOC(=O)c1ccc(NCc2c(OCc3ccc(F)cc3)ccc3ccccc23)cc1. The van der Waals surface area contributed by atoms with E-state index >= 15 is 0 Å². The molecule has 0 radical (unpaired) electrons. The van der Waals surface area contributed by atoms with Crippen LogP contribution in [0.2, 0.25) is 0 Å². The molecule has 0 aliphatic carbocycles. The van der Waals surface area contributed by atoms with Crippen molar-refractivity contribution in [3.63, 3.8) is 0 Å². The Balaban J connectivity index is 1.54. The number of esters is 1. The first-order valence-electron chi connectivity index (χ1n) is 10.5. The minimum atomic E-state index is -0.329. The minimum absolute atomic E-state index is 0.265. The van der Waals surface area contributed by atoms with Gasteiger partial charge < -0.3 is 14.8 Å². The topological polar surface area (TPSA) is 47.6 Å². The molecule has 162 valence electrons. The first-order valence-corrected chi connectivity index (χ1v) is 10.5. The van der Waals surface area contributed by atoms with Gasteiger partial charge >= 0.3 is 5.97 Å². The van der Waals surface area contributed by atoms with Crippen molar-refractivity contribution in [2.75, 3.05) is 11.9 Å². The predicted octanol–water partition coefficient (Wildman–Crippen LogP) is 6.35. The molecule has 4 aromatic carbocycles. The van der Waals surface area contributed by atoms with Crippen LogP contribution in [0.1, 0.15) is 28.4 Å². The van der Waals surface area contributed by atoms with Crippen molar-refractivity contribution in [2.24, 2.45) is 0 Å². The van der Waals surface area contributed by atoms with Gasteiger partial charge in [-0.05, 0) is 65.7 Å². The Morgan fingerprint density at radius 3 is 2.41 bits per heavy atom. The lowest BCUT2D eigenvalue weighted by atomic mass is 10.0. The van der Waals surface area contributed by atoms with E-state index in [-0.39, 0.29) is 11.8 Å². The van der Waals surface area contributed by atoms with Crippen LogP contribution in [0.3, 0.4) is 0 Å². The van der Waals surface area contributed by atoms with E-state index in [1.165, 1.54) is 12.1 Å². The number of ether oxygens (including phenoxy) is 2. The van der Waals surface area contributed by atoms with E-state index in [0.29, 0.717) is 25.3 Å². The Bertz CT molecular complexity index is 1200. The Labute approximate surface area is 186 Å². The molecular weight excluding hydrogens is 405 g/mol. The summed E-state index contributed by atoms with van der Waals surface area (Å²) in [5, 5.41) is 5.63. The smallest absolute Gasteiger partial charge is 0.338 e. The third-order valence-corrected chi connectivity index (χ3v) is 5.17. The van der Waals surface area contributed by atoms with E-state index in [1.54, 1.807) is 31.2 Å². The highest BCUT2D eigenvalue weighted by atomic mass is 19.1. The van der Waals surface area contributed by atoms with Crippen molar-refractivity contribution >= 4 is 22.4 Å². The molecule has 0 aromatic heterocycles. The van der Waals surface area contributed by atoms with Crippen molar-refractivity contribution in [2.45, 2.75) is 20.1 Å². The Morgan fingerprint density at radius 2 is 1.66 bits per heavy atom. The van der Waals surface area contributed by atoms with Gasteiger partial charge in [0.15, 0.2) is 0 Å². The molecule has 0 bridgehead atoms. The summed E-state index contributed by atoms with van der Waals surface area (Å²) in [7, 11) is 0. The van der Waals surface area contributed by atoms with Gasteiger partial charge in [0.25, 0.3) is 0 Å². The van der Waals surface area contributed by atoms with Crippen LogP contribution in [0, 0.1) is 5.82 Å². The minimum Gasteiger partial charge on any atom is -0.489 e. The van der Waals surface area contributed by atoms with Gasteiger partial charge in [-0.15, -0.1) is 0 Å². The number of hydrogen-bond donors (Lipinski definition) is 1. The summed E-state index contributed by atoms with van der Waals surface area (Å²) in [6.07, 6.45) is 0. The second kappa shape index (κ2) is 9.96. The quantitative estimate of drug-likeness (QED) is 0.332. The van der Waals surface area contributed by atoms with Crippen molar-refractivity contribution < 1.29 is 18.7 Å². The molecule has 0 aliphatic heterocycles. The molecule has 0 saturated carbocycles. The van der Waals surface area contributed by atoms with Gasteiger partial charge in [0.1, 0.15) is 18.2 Å². The summed E-state index contributed by atoms with van der Waals surface area (Å²) in [6.45, 7) is 3.02. The van der Waals surface area contributed by atoms with Crippen LogP contribution < -0.4 is 10.1 Å². The molecule has 5 heteroatoms. The fourth-order valence-electron chi connectivity index (χ4n) is 3.50. The van der Waals surface area contributed by atoms with Crippen LogP contribution in [0.4, 0.5) is 10.1 Å². The van der Waals surface area contributed by atoms with Crippen LogP contribution in [-0.2, 0) is 17.9 Å². The monoisotopic (exact) mass is 429 g/mol. The number of benzene rings is 4. The summed E-state index contributed by atoms with van der Waals surface area (Å²) in [5.41, 5.74) is 3.33. The molecule has 0 unspecified atom stereocenters. The Morgan fingerprint density at radius 1 is 0.906 bits per heavy atom. The molecule has 0 spiro atoms. The van der Waals surface area contributed by atoms with Crippen LogP contribution >= 0.6 is 0 Å². The van der Waals surface area contributed by atoms with E-state index in [9.17, 15) is 9.18 Å². The highest BCUT2D eigenvalue weighted by molar-refractivity contribution is 5.90. The molecule has 1 N–H and O–H groups in total. The standard InChI is InChI=1S/C27H24FNO3/c1-2-31-27(30)21-9-14-23(15-10-21)29-17-25-24-6-4-3-5-20(24)11-16-26(25)32-18-19-7-12-22(28)13-8-19/h3-16,29H,2,17-18H2,1H3. The maximum atomic E-state index is 13.2. The number of nitrogens with one attached hydrogen (secondary N) is 1. The summed E-state index contributed by atoms with van der Waals surface area (Å²) in [6, 6.07) is 25.7. The van der Waals surface area contributed by atoms with Crippen molar-refractivity contribution in [1.82, 2.24) is 0 Å². The Hall–Kier alpha value is -3.86. The van der Waals surface area contributed by atoms with Gasteiger partial charge in [0, 0.05) is 17.8 Å². The van der Waals surface area contributed by atoms with E-state index in [1.807, 2.05) is 36.4 Å². The highest BCUT2D eigenvalue weighted by Gasteiger charge is 2.11. The summed E-state index contributed by atoms with van der Waals surface area (Å²) in [5.74, 6) is 0.173. The largest absolute Gasteiger partial charge is 0.489 e. The first-order chi connectivity index (χ1) is 15.6. The molecule has 4 nitrogen and oxygen atoms in total. The second-order valence-corrected chi connectivity index (χ2v) is 7.33. The van der Waals surface area contributed by atoms with Gasteiger partial charge in [-0.1, -0.05) is 42.5 Å². The molecule has 32 heavy (non-hydrogen) atoms. The van der Waals surface area contributed by atoms with Crippen LogP contribution in [-0.4, -0.2) is 12.6 Å². The average molecular weight is 429 g/mol. The van der Waals surface area contributed by atoms with Crippen molar-refractivity contribution in [3.05, 3.63) is 107 Å². The number of carbonyl (C=O) groups excluding carboxylic acids is 1. The maximum Gasteiger partial charge on any atom is 0.338 e. The zero-order chi connectivity index (χ0) is 22.3. The fourth-order valence-corrected chi connectivity index (χ4v) is 3.50. The average Bonchev–Trinajstić information content (AvgIpc) is 2.83. The normalized spacial score (nSPS) is 10.7. The molecule has 4 rings (SSSR count). The zero-order valence-corrected chi connectivity index (χ0v) is 17.8. The second-order valence-electron chi connectivity index (χ2n) is 7.33. The lowest BCUT2D eigenvalue weighted by molar-refractivity contribution is 0.0526. The molecule has 0 aliphatic rings. The first kappa shape index (κ1) is 21.4. The molecule has 4 aromatic rings. The number of anilines is 1. The number of hydrogen-bond acceptors (Lipinski definition) is 4. The van der Waals surface area contributed by atoms with Gasteiger partial charge in [0.05, 0.1) is 12.2 Å². The molecule has 0 saturated heterocycles.